The van der Waals surface area contributed by atoms with Crippen LogP contribution >= 0.6 is 0 Å². The summed E-state index contributed by atoms with van der Waals surface area (Å²) in [6, 6.07) is 0. The molecule has 1 saturated heterocycles. The summed E-state index contributed by atoms with van der Waals surface area (Å²) in [5.41, 5.74) is -0.166. The van der Waals surface area contributed by atoms with Crippen molar-refractivity contribution in [2.45, 2.75) is 89.9 Å². The van der Waals surface area contributed by atoms with Gasteiger partial charge < -0.3 is 14.6 Å². The number of aliphatic hydroxyl groups is 1. The highest BCUT2D eigenvalue weighted by atomic mass is 16.5. The molecule has 5 atom stereocenters. The number of methoxy groups -OCH3 is 1. The van der Waals surface area contributed by atoms with Crippen molar-refractivity contribution in [3.8, 4) is 0 Å². The minimum atomic E-state index is -0.553. The first-order valence-corrected chi connectivity index (χ1v) is 9.64. The summed E-state index contributed by atoms with van der Waals surface area (Å²) < 4.78 is 11.6. The molecule has 0 amide bonds. The molecule has 0 radical (unpaired) electrons. The van der Waals surface area contributed by atoms with E-state index in [1.54, 1.807) is 0 Å². The Kier molecular flexibility index (Phi) is 4.40. The summed E-state index contributed by atoms with van der Waals surface area (Å²) >= 11 is 0. The average Bonchev–Trinajstić information content (AvgIpc) is 2.87. The number of hydrogen-bond acceptors (Lipinski definition) is 4. The minimum Gasteiger partial charge on any atom is -0.469 e. The van der Waals surface area contributed by atoms with Crippen LogP contribution in [-0.4, -0.2) is 35.5 Å². The molecule has 5 unspecified atom stereocenters. The Bertz CT molecular complexity index is 582. The molecule has 25 heavy (non-hydrogen) atoms. The molecule has 4 heteroatoms. The van der Waals surface area contributed by atoms with Gasteiger partial charge in [0.25, 0.3) is 0 Å². The lowest BCUT2D eigenvalue weighted by Gasteiger charge is -2.63. The molecule has 0 bridgehead atoms. The summed E-state index contributed by atoms with van der Waals surface area (Å²) in [6.07, 6.45) is 5.53. The van der Waals surface area contributed by atoms with Crippen LogP contribution in [0, 0.1) is 16.7 Å². The van der Waals surface area contributed by atoms with Crippen LogP contribution in [0.2, 0.25) is 0 Å². The summed E-state index contributed by atoms with van der Waals surface area (Å²) in [6.45, 7) is 13.3. The molecule has 142 valence electrons. The predicted molar refractivity (Wildman–Crippen MR) is 97.1 cm³/mol. The summed E-state index contributed by atoms with van der Waals surface area (Å²) in [7, 11) is 1.42. The van der Waals surface area contributed by atoms with Gasteiger partial charge in [0.05, 0.1) is 30.8 Å². The number of ether oxygens (including phenoxy) is 2. The van der Waals surface area contributed by atoms with Crippen molar-refractivity contribution >= 4 is 5.97 Å². The van der Waals surface area contributed by atoms with Crippen molar-refractivity contribution in [3.63, 3.8) is 0 Å². The third-order valence-corrected chi connectivity index (χ3v) is 7.70. The van der Waals surface area contributed by atoms with E-state index in [2.05, 4.69) is 27.4 Å². The molecule has 2 aliphatic carbocycles. The van der Waals surface area contributed by atoms with Gasteiger partial charge in [-0.2, -0.15) is 0 Å². The molecule has 1 heterocycles. The fourth-order valence-electron chi connectivity index (χ4n) is 6.28. The molecule has 4 nitrogen and oxygen atoms in total. The third-order valence-electron chi connectivity index (χ3n) is 7.70. The molecular formula is C21H34O4. The molecule has 0 aromatic rings. The number of hydrogen-bond donors (Lipinski definition) is 1. The van der Waals surface area contributed by atoms with E-state index in [-0.39, 0.29) is 23.2 Å². The molecule has 3 fully saturated rings. The van der Waals surface area contributed by atoms with Gasteiger partial charge in [0.1, 0.15) is 0 Å². The van der Waals surface area contributed by atoms with Crippen LogP contribution in [0.1, 0.15) is 72.6 Å². The van der Waals surface area contributed by atoms with E-state index < -0.39 is 17.3 Å². The maximum atomic E-state index is 11.9. The quantitative estimate of drug-likeness (QED) is 0.604. The molecule has 1 spiro atoms. The lowest BCUT2D eigenvalue weighted by molar-refractivity contribution is -0.212. The Morgan fingerprint density at radius 3 is 2.56 bits per heavy atom. The number of carbonyl (C=O) groups is 1. The number of carbonyl (C=O) groups excluding carboxylic acids is 1. The smallest absolute Gasteiger partial charge is 0.308 e. The standard InChI is InChI=1S/C21H34O4/c1-14-15(22)12-16-18(2,3)8-7-9-20(16,5)21(14)11-10-19(4,25-21)13-17(23)24-6/h15-16,22H,1,7-13H2,2-6H3. The van der Waals surface area contributed by atoms with Gasteiger partial charge in [-0.25, -0.2) is 0 Å². The highest BCUT2D eigenvalue weighted by molar-refractivity contribution is 5.70. The highest BCUT2D eigenvalue weighted by Gasteiger charge is 2.67. The molecule has 1 aliphatic heterocycles. The van der Waals surface area contributed by atoms with Gasteiger partial charge in [0, 0.05) is 5.41 Å². The first kappa shape index (κ1) is 18.9. The maximum Gasteiger partial charge on any atom is 0.308 e. The van der Waals surface area contributed by atoms with Crippen LogP contribution in [-0.2, 0) is 14.3 Å². The Morgan fingerprint density at radius 1 is 1.24 bits per heavy atom. The van der Waals surface area contributed by atoms with Crippen molar-refractivity contribution in [2.75, 3.05) is 7.11 Å². The fraction of sp³-hybridized carbons (Fsp3) is 0.857. The van der Waals surface area contributed by atoms with Crippen LogP contribution < -0.4 is 0 Å². The van der Waals surface area contributed by atoms with Crippen LogP contribution in [0.15, 0.2) is 12.2 Å². The largest absolute Gasteiger partial charge is 0.469 e. The highest BCUT2D eigenvalue weighted by Crippen LogP contribution is 2.67. The van der Waals surface area contributed by atoms with Crippen molar-refractivity contribution in [3.05, 3.63) is 12.2 Å². The molecular weight excluding hydrogens is 316 g/mol. The van der Waals surface area contributed by atoms with Crippen LogP contribution in [0.5, 0.6) is 0 Å². The van der Waals surface area contributed by atoms with Gasteiger partial charge >= 0.3 is 5.97 Å². The maximum absolute atomic E-state index is 11.9. The normalized spacial score (nSPS) is 46.1. The number of rotatable bonds is 2. The average molecular weight is 350 g/mol. The van der Waals surface area contributed by atoms with E-state index in [0.29, 0.717) is 5.92 Å². The SMILES string of the molecule is C=C1C(O)CC2C(C)(C)CCCC2(C)C12CCC(C)(CC(=O)OC)O2. The molecule has 2 saturated carbocycles. The second-order valence-corrected chi connectivity index (χ2v) is 9.72. The molecule has 0 aromatic heterocycles. The zero-order valence-electron chi connectivity index (χ0n) is 16.5. The molecule has 0 aromatic carbocycles. The van der Waals surface area contributed by atoms with Gasteiger partial charge in [-0.3, -0.25) is 4.79 Å². The Labute approximate surface area is 152 Å². The van der Waals surface area contributed by atoms with Gasteiger partial charge in [-0.1, -0.05) is 33.8 Å². The Balaban J connectivity index is 2.01. The second-order valence-electron chi connectivity index (χ2n) is 9.72. The number of aliphatic hydroxyl groups excluding tert-OH is 1. The van der Waals surface area contributed by atoms with E-state index in [1.165, 1.54) is 20.0 Å². The van der Waals surface area contributed by atoms with E-state index in [0.717, 1.165) is 31.3 Å². The van der Waals surface area contributed by atoms with Gasteiger partial charge in [-0.15, -0.1) is 0 Å². The first-order chi connectivity index (χ1) is 11.5. The summed E-state index contributed by atoms with van der Waals surface area (Å²) in [5, 5.41) is 10.8. The topological polar surface area (TPSA) is 55.8 Å². The zero-order valence-corrected chi connectivity index (χ0v) is 16.5. The monoisotopic (exact) mass is 350 g/mol. The lowest BCUT2D eigenvalue weighted by atomic mass is 9.45. The number of fused-ring (bicyclic) bond motifs is 2. The Hall–Kier alpha value is -0.870. The van der Waals surface area contributed by atoms with Gasteiger partial charge in [0.2, 0.25) is 0 Å². The van der Waals surface area contributed by atoms with Crippen molar-refractivity contribution in [1.82, 2.24) is 0 Å². The van der Waals surface area contributed by atoms with Crippen molar-refractivity contribution < 1.29 is 19.4 Å². The van der Waals surface area contributed by atoms with E-state index in [1.807, 2.05) is 6.92 Å². The first-order valence-electron chi connectivity index (χ1n) is 9.64. The third kappa shape index (κ3) is 2.68. The molecule has 1 N–H and O–H groups in total. The van der Waals surface area contributed by atoms with E-state index >= 15 is 0 Å². The van der Waals surface area contributed by atoms with Crippen LogP contribution in [0.4, 0.5) is 0 Å². The van der Waals surface area contributed by atoms with Crippen LogP contribution in [0.3, 0.4) is 0 Å². The van der Waals surface area contributed by atoms with Crippen LogP contribution in [0.25, 0.3) is 0 Å². The van der Waals surface area contributed by atoms with Crippen molar-refractivity contribution in [2.24, 2.45) is 16.7 Å². The predicted octanol–water partition coefficient (Wildman–Crippen LogP) is 4.01. The number of esters is 1. The second kappa shape index (κ2) is 5.82. The van der Waals surface area contributed by atoms with E-state index in [9.17, 15) is 9.90 Å². The minimum absolute atomic E-state index is 0.0566. The molecule has 3 aliphatic rings. The lowest BCUT2D eigenvalue weighted by Crippen LogP contribution is -2.63. The Morgan fingerprint density at radius 2 is 1.92 bits per heavy atom. The zero-order chi connectivity index (χ0) is 18.7. The fourth-order valence-corrected chi connectivity index (χ4v) is 6.28. The molecule has 3 rings (SSSR count). The van der Waals surface area contributed by atoms with E-state index in [4.69, 9.17) is 9.47 Å². The van der Waals surface area contributed by atoms with Gasteiger partial charge in [0.15, 0.2) is 0 Å². The van der Waals surface area contributed by atoms with Crippen molar-refractivity contribution in [1.29, 1.82) is 0 Å². The summed E-state index contributed by atoms with van der Waals surface area (Å²) in [5.74, 6) is 0.141. The van der Waals surface area contributed by atoms with Gasteiger partial charge in [-0.05, 0) is 55.9 Å². The summed E-state index contributed by atoms with van der Waals surface area (Å²) in [4.78, 5) is 11.9.